The van der Waals surface area contributed by atoms with Crippen LogP contribution in [0.5, 0.6) is 0 Å². The van der Waals surface area contributed by atoms with Gasteiger partial charge in [0.25, 0.3) is 0 Å². The molecule has 3 rings (SSSR count). The van der Waals surface area contributed by atoms with Gasteiger partial charge in [0.2, 0.25) is 0 Å². The van der Waals surface area contributed by atoms with Gasteiger partial charge in [0, 0.05) is 58.2 Å². The van der Waals surface area contributed by atoms with E-state index in [0.717, 1.165) is 44.1 Å². The fraction of sp³-hybridized carbons (Fsp3) is 0.758. The van der Waals surface area contributed by atoms with E-state index in [4.69, 9.17) is 9.47 Å². The molecule has 4 N–H and O–H groups in total. The van der Waals surface area contributed by atoms with Crippen molar-refractivity contribution in [2.24, 2.45) is 11.8 Å². The first-order valence-electron chi connectivity index (χ1n) is 15.7. The Kier molecular flexibility index (Phi) is 10.1. The standard InChI is InChI=1S/C33H56N4O4/c1-12-30(8)19-26(22(6)32(10,14-3)36-30)40-28(38)34-24-17-16-21(5)25(18-24)35-29(39)41-27-20-31(9,13-2)37-33(11,15-4)23(27)7/h16-18,22-23,26-27,36-37H,12-15,19-20H2,1-11H3,(H,34,38)(H,35,39). The molecule has 2 aliphatic heterocycles. The Labute approximate surface area is 248 Å². The Balaban J connectivity index is 1.68. The molecule has 0 radical (unpaired) electrons. The van der Waals surface area contributed by atoms with Crippen LogP contribution in [0.15, 0.2) is 18.2 Å². The van der Waals surface area contributed by atoms with Gasteiger partial charge < -0.3 is 20.1 Å². The number of piperidine rings is 2. The first-order valence-corrected chi connectivity index (χ1v) is 15.7. The first kappa shape index (κ1) is 33.2. The second kappa shape index (κ2) is 12.5. The molecule has 0 saturated carbocycles. The molecule has 0 aliphatic carbocycles. The fourth-order valence-electron chi connectivity index (χ4n) is 6.74. The van der Waals surface area contributed by atoms with Crippen molar-refractivity contribution in [2.75, 3.05) is 10.6 Å². The summed E-state index contributed by atoms with van der Waals surface area (Å²) in [6.07, 6.45) is 3.91. The van der Waals surface area contributed by atoms with Crippen molar-refractivity contribution < 1.29 is 19.1 Å². The molecule has 0 bridgehead atoms. The molecule has 2 fully saturated rings. The summed E-state index contributed by atoms with van der Waals surface area (Å²) in [5.74, 6) is 0.313. The number of carbonyl (C=O) groups excluding carboxylic acids is 2. The van der Waals surface area contributed by atoms with E-state index in [1.165, 1.54) is 0 Å². The van der Waals surface area contributed by atoms with Crippen LogP contribution in [-0.4, -0.2) is 46.6 Å². The van der Waals surface area contributed by atoms with Gasteiger partial charge in [-0.3, -0.25) is 10.6 Å². The van der Waals surface area contributed by atoms with Crippen molar-refractivity contribution in [3.8, 4) is 0 Å². The molecule has 8 nitrogen and oxygen atoms in total. The number of nitrogens with one attached hydrogen (secondary N) is 4. The van der Waals surface area contributed by atoms with Crippen LogP contribution in [0.25, 0.3) is 0 Å². The highest BCUT2D eigenvalue weighted by molar-refractivity contribution is 5.89. The summed E-state index contributed by atoms with van der Waals surface area (Å²) < 4.78 is 12.1. The van der Waals surface area contributed by atoms with Crippen molar-refractivity contribution in [1.82, 2.24) is 10.6 Å². The molecule has 2 saturated heterocycles. The number of benzene rings is 1. The van der Waals surface area contributed by atoms with Gasteiger partial charge in [0.1, 0.15) is 12.2 Å². The molecule has 8 heteroatoms. The lowest BCUT2D eigenvalue weighted by Crippen LogP contribution is -2.66. The van der Waals surface area contributed by atoms with Gasteiger partial charge in [-0.1, -0.05) is 47.6 Å². The maximum Gasteiger partial charge on any atom is 0.411 e. The maximum absolute atomic E-state index is 13.1. The Bertz CT molecular complexity index is 1100. The summed E-state index contributed by atoms with van der Waals surface area (Å²) in [5, 5.41) is 13.5. The van der Waals surface area contributed by atoms with E-state index < -0.39 is 12.2 Å². The minimum absolute atomic E-state index is 0.0987. The molecule has 0 spiro atoms. The van der Waals surface area contributed by atoms with Gasteiger partial charge in [0.05, 0.1) is 0 Å². The highest BCUT2D eigenvalue weighted by Crippen LogP contribution is 2.40. The smallest absolute Gasteiger partial charge is 0.411 e. The van der Waals surface area contributed by atoms with Crippen molar-refractivity contribution in [3.63, 3.8) is 0 Å². The number of rotatable bonds is 8. The number of ether oxygens (including phenoxy) is 2. The molecule has 1 aromatic rings. The molecule has 1 aromatic carbocycles. The molecule has 2 heterocycles. The molecule has 8 atom stereocenters. The molecular weight excluding hydrogens is 516 g/mol. The average molecular weight is 573 g/mol. The lowest BCUT2D eigenvalue weighted by molar-refractivity contribution is -0.0338. The highest BCUT2D eigenvalue weighted by atomic mass is 16.6. The Hall–Kier alpha value is -2.32. The van der Waals surface area contributed by atoms with Crippen LogP contribution in [-0.2, 0) is 9.47 Å². The molecule has 2 amide bonds. The third kappa shape index (κ3) is 7.37. The highest BCUT2D eigenvalue weighted by Gasteiger charge is 2.49. The van der Waals surface area contributed by atoms with Gasteiger partial charge in [-0.15, -0.1) is 0 Å². The average Bonchev–Trinajstić information content (AvgIpc) is 2.91. The summed E-state index contributed by atoms with van der Waals surface area (Å²) in [6.45, 7) is 23.7. The lowest BCUT2D eigenvalue weighted by Gasteiger charge is -2.52. The Morgan fingerprint density at radius 3 is 1.63 bits per heavy atom. The van der Waals surface area contributed by atoms with E-state index in [2.05, 4.69) is 90.5 Å². The van der Waals surface area contributed by atoms with Gasteiger partial charge in [0.15, 0.2) is 0 Å². The van der Waals surface area contributed by atoms with Crippen LogP contribution in [0, 0.1) is 18.8 Å². The zero-order chi connectivity index (χ0) is 30.8. The quantitative estimate of drug-likeness (QED) is 0.254. The minimum Gasteiger partial charge on any atom is -0.446 e. The monoisotopic (exact) mass is 572 g/mol. The molecule has 41 heavy (non-hydrogen) atoms. The molecule has 2 aliphatic rings. The third-order valence-electron chi connectivity index (χ3n) is 10.9. The van der Waals surface area contributed by atoms with E-state index in [-0.39, 0.29) is 46.2 Å². The van der Waals surface area contributed by atoms with Crippen LogP contribution in [0.4, 0.5) is 21.0 Å². The van der Waals surface area contributed by atoms with Crippen molar-refractivity contribution in [1.29, 1.82) is 0 Å². The largest absolute Gasteiger partial charge is 0.446 e. The fourth-order valence-corrected chi connectivity index (χ4v) is 6.74. The third-order valence-corrected chi connectivity index (χ3v) is 10.9. The van der Waals surface area contributed by atoms with Crippen molar-refractivity contribution in [3.05, 3.63) is 23.8 Å². The van der Waals surface area contributed by atoms with E-state index in [1.54, 1.807) is 6.07 Å². The predicted molar refractivity (Wildman–Crippen MR) is 168 cm³/mol. The summed E-state index contributed by atoms with van der Waals surface area (Å²) in [5.41, 5.74) is 1.59. The number of hydrogen-bond donors (Lipinski definition) is 4. The van der Waals surface area contributed by atoms with Crippen LogP contribution in [0.3, 0.4) is 0 Å². The summed E-state index contributed by atoms with van der Waals surface area (Å²) in [6, 6.07) is 5.45. The van der Waals surface area contributed by atoms with E-state index in [9.17, 15) is 9.59 Å². The SMILES string of the molecule is CCC1(C)CC(OC(=O)Nc2ccc(C)c(NC(=O)OC3CC(C)(CC)NC(C)(CC)C3C)c2)C(C)C(C)(CC)N1. The summed E-state index contributed by atoms with van der Waals surface area (Å²) >= 11 is 0. The van der Waals surface area contributed by atoms with E-state index in [0.29, 0.717) is 11.4 Å². The lowest BCUT2D eigenvalue weighted by atomic mass is 9.70. The molecule has 232 valence electrons. The zero-order valence-corrected chi connectivity index (χ0v) is 27.4. The van der Waals surface area contributed by atoms with Gasteiger partial charge in [-0.25, -0.2) is 9.59 Å². The van der Waals surface area contributed by atoms with Crippen LogP contribution in [0.1, 0.15) is 113 Å². The van der Waals surface area contributed by atoms with E-state index >= 15 is 0 Å². The summed E-state index contributed by atoms with van der Waals surface area (Å²) in [4.78, 5) is 26.2. The van der Waals surface area contributed by atoms with Crippen molar-refractivity contribution >= 4 is 23.6 Å². The first-order chi connectivity index (χ1) is 19.0. The number of hydrogen-bond acceptors (Lipinski definition) is 6. The number of anilines is 2. The Morgan fingerprint density at radius 2 is 1.22 bits per heavy atom. The van der Waals surface area contributed by atoms with E-state index in [1.807, 2.05) is 19.1 Å². The second-order valence-corrected chi connectivity index (χ2v) is 13.8. The number of carbonyl (C=O) groups is 2. The molecule has 8 unspecified atom stereocenters. The number of amides is 2. The zero-order valence-electron chi connectivity index (χ0n) is 27.4. The summed E-state index contributed by atoms with van der Waals surface area (Å²) in [7, 11) is 0. The second-order valence-electron chi connectivity index (χ2n) is 13.8. The van der Waals surface area contributed by atoms with Crippen molar-refractivity contribution in [2.45, 2.75) is 149 Å². The van der Waals surface area contributed by atoms with Gasteiger partial charge in [-0.2, -0.15) is 0 Å². The van der Waals surface area contributed by atoms with Gasteiger partial charge >= 0.3 is 12.2 Å². The number of aryl methyl sites for hydroxylation is 1. The van der Waals surface area contributed by atoms with Crippen LogP contribution < -0.4 is 21.3 Å². The molecule has 0 aromatic heterocycles. The van der Waals surface area contributed by atoms with Crippen LogP contribution >= 0.6 is 0 Å². The van der Waals surface area contributed by atoms with Crippen LogP contribution in [0.2, 0.25) is 0 Å². The normalized spacial score (nSPS) is 37.2. The topological polar surface area (TPSA) is 101 Å². The molecular formula is C33H56N4O4. The minimum atomic E-state index is -0.487. The Morgan fingerprint density at radius 1 is 0.780 bits per heavy atom. The van der Waals surface area contributed by atoms with Gasteiger partial charge in [-0.05, 0) is 78.0 Å². The predicted octanol–water partition coefficient (Wildman–Crippen LogP) is 7.76. The maximum atomic E-state index is 13.1.